The van der Waals surface area contributed by atoms with E-state index in [1.807, 2.05) is 43.5 Å². The summed E-state index contributed by atoms with van der Waals surface area (Å²) in [5, 5.41) is 5.54. The van der Waals surface area contributed by atoms with E-state index >= 15 is 0 Å². The third-order valence-electron chi connectivity index (χ3n) is 3.99. The van der Waals surface area contributed by atoms with Crippen molar-refractivity contribution in [1.29, 1.82) is 0 Å². The predicted molar refractivity (Wildman–Crippen MR) is 107 cm³/mol. The van der Waals surface area contributed by atoms with Gasteiger partial charge in [-0.15, -0.1) is 11.3 Å². The fourth-order valence-corrected chi connectivity index (χ4v) is 4.45. The lowest BCUT2D eigenvalue weighted by molar-refractivity contribution is -0.128. The van der Waals surface area contributed by atoms with E-state index in [2.05, 4.69) is 15.3 Å². The van der Waals surface area contributed by atoms with E-state index in [1.165, 1.54) is 23.1 Å². The highest BCUT2D eigenvalue weighted by molar-refractivity contribution is 8.15. The number of aromatic nitrogens is 1. The van der Waals surface area contributed by atoms with Crippen molar-refractivity contribution in [2.45, 2.75) is 31.9 Å². The largest absolute Gasteiger partial charge is 0.326 e. The number of nitrogens with one attached hydrogen (secondary N) is 1. The molecule has 2 amide bonds. The molecule has 8 heteroatoms. The number of para-hydroxylation sites is 1. The second kappa shape index (κ2) is 8.46. The number of aliphatic imine (C=N–C) groups is 1. The molecule has 6 nitrogen and oxygen atoms in total. The normalized spacial score (nSPS) is 18.5. The van der Waals surface area contributed by atoms with Crippen molar-refractivity contribution in [2.24, 2.45) is 4.99 Å². The molecule has 1 unspecified atom stereocenters. The van der Waals surface area contributed by atoms with Crippen molar-refractivity contribution < 1.29 is 9.59 Å². The smallest absolute Gasteiger partial charge is 0.242 e. The lowest BCUT2D eigenvalue weighted by atomic mass is 10.1. The van der Waals surface area contributed by atoms with Crippen LogP contribution in [0.4, 0.5) is 10.8 Å². The molecule has 2 heterocycles. The Kier molecular flexibility index (Phi) is 6.05. The zero-order valence-corrected chi connectivity index (χ0v) is 16.3. The van der Waals surface area contributed by atoms with Crippen LogP contribution in [0.2, 0.25) is 0 Å². The molecule has 1 N–H and O–H groups in total. The first-order valence-electron chi connectivity index (χ1n) is 8.46. The highest BCUT2D eigenvalue weighted by Gasteiger charge is 2.38. The Morgan fingerprint density at radius 2 is 2.15 bits per heavy atom. The van der Waals surface area contributed by atoms with E-state index in [9.17, 15) is 9.59 Å². The van der Waals surface area contributed by atoms with Gasteiger partial charge >= 0.3 is 0 Å². The predicted octanol–water partition coefficient (Wildman–Crippen LogP) is 3.69. The lowest BCUT2D eigenvalue weighted by Gasteiger charge is -2.13. The average molecular weight is 389 g/mol. The number of thiazole rings is 1. The quantitative estimate of drug-likeness (QED) is 0.819. The molecular formula is C18H20N4O2S2. The maximum absolute atomic E-state index is 12.6. The number of anilines is 1. The molecule has 1 fully saturated rings. The van der Waals surface area contributed by atoms with Gasteiger partial charge in [0.25, 0.3) is 0 Å². The summed E-state index contributed by atoms with van der Waals surface area (Å²) < 4.78 is 0. The minimum atomic E-state index is -0.456. The molecule has 3 rings (SSSR count). The number of hydrogen-bond acceptors (Lipinski definition) is 6. The molecule has 0 spiro atoms. The molecule has 136 valence electrons. The highest BCUT2D eigenvalue weighted by Crippen LogP contribution is 2.32. The first-order chi connectivity index (χ1) is 12.6. The van der Waals surface area contributed by atoms with Crippen molar-refractivity contribution in [3.8, 4) is 0 Å². The summed E-state index contributed by atoms with van der Waals surface area (Å²) >= 11 is 2.75. The molecule has 0 aliphatic carbocycles. The molecule has 1 aliphatic heterocycles. The number of amides is 2. The Balaban J connectivity index is 1.69. The van der Waals surface area contributed by atoms with Gasteiger partial charge < -0.3 is 5.32 Å². The second-order valence-electron chi connectivity index (χ2n) is 5.66. The van der Waals surface area contributed by atoms with E-state index in [-0.39, 0.29) is 18.2 Å². The Bertz CT molecular complexity index is 820. The molecular weight excluding hydrogens is 368 g/mol. The summed E-state index contributed by atoms with van der Waals surface area (Å²) in [6, 6.07) is 7.71. The summed E-state index contributed by atoms with van der Waals surface area (Å²) in [5.41, 5.74) is 1.88. The van der Waals surface area contributed by atoms with Crippen molar-refractivity contribution in [2.75, 3.05) is 11.9 Å². The minimum Gasteiger partial charge on any atom is -0.326 e. The fraction of sp³-hybridized carbons (Fsp3) is 0.333. The van der Waals surface area contributed by atoms with E-state index in [0.717, 1.165) is 17.7 Å². The van der Waals surface area contributed by atoms with Crippen LogP contribution < -0.4 is 5.32 Å². The van der Waals surface area contributed by atoms with E-state index in [1.54, 1.807) is 11.1 Å². The van der Waals surface area contributed by atoms with Crippen LogP contribution >= 0.6 is 23.1 Å². The van der Waals surface area contributed by atoms with Crippen LogP contribution in [0, 0.1) is 0 Å². The van der Waals surface area contributed by atoms with E-state index in [0.29, 0.717) is 16.8 Å². The number of thioether (sulfide) groups is 1. The standard InChI is InChI=1S/C18H20N4O2S2/c1-3-12-7-5-6-8-13(12)20-15(23)11-14-16(24)22(4-2)18(26-14)21-17-19-9-10-25-17/h5-10,14H,3-4,11H2,1-2H3,(H,20,23)/b21-18+. The van der Waals surface area contributed by atoms with Gasteiger partial charge in [-0.05, 0) is 25.0 Å². The highest BCUT2D eigenvalue weighted by atomic mass is 32.2. The number of carbonyl (C=O) groups is 2. The van der Waals surface area contributed by atoms with Gasteiger partial charge in [0.15, 0.2) is 5.17 Å². The van der Waals surface area contributed by atoms with Crippen molar-refractivity contribution >= 4 is 50.9 Å². The van der Waals surface area contributed by atoms with Crippen LogP contribution in [-0.2, 0) is 16.0 Å². The van der Waals surface area contributed by atoms with Gasteiger partial charge in [-0.1, -0.05) is 36.9 Å². The molecule has 26 heavy (non-hydrogen) atoms. The number of hydrogen-bond donors (Lipinski definition) is 1. The fourth-order valence-electron chi connectivity index (χ4n) is 2.69. The number of amidine groups is 1. The van der Waals surface area contributed by atoms with E-state index in [4.69, 9.17) is 0 Å². The van der Waals surface area contributed by atoms with Crippen LogP contribution in [0.25, 0.3) is 0 Å². The average Bonchev–Trinajstić information content (AvgIpc) is 3.24. The SMILES string of the molecule is CCc1ccccc1NC(=O)CC1S/C(=N/c2nccs2)N(CC)C1=O. The lowest BCUT2D eigenvalue weighted by Crippen LogP contribution is -2.33. The molecule has 1 aromatic heterocycles. The molecule has 0 radical (unpaired) electrons. The molecule has 1 aromatic carbocycles. The van der Waals surface area contributed by atoms with Crippen LogP contribution in [-0.4, -0.2) is 38.7 Å². The van der Waals surface area contributed by atoms with Gasteiger partial charge in [0.2, 0.25) is 16.9 Å². The van der Waals surface area contributed by atoms with Crippen LogP contribution in [0.5, 0.6) is 0 Å². The summed E-state index contributed by atoms with van der Waals surface area (Å²) in [5.74, 6) is -0.241. The molecule has 1 aliphatic rings. The zero-order chi connectivity index (χ0) is 18.5. The molecule has 1 saturated heterocycles. The van der Waals surface area contributed by atoms with Crippen LogP contribution in [0.15, 0.2) is 40.8 Å². The number of aryl methyl sites for hydroxylation is 1. The Hall–Kier alpha value is -2.19. The summed E-state index contributed by atoms with van der Waals surface area (Å²) in [7, 11) is 0. The van der Waals surface area contributed by atoms with Crippen molar-refractivity contribution in [3.05, 3.63) is 41.4 Å². The molecule has 0 saturated carbocycles. The maximum atomic E-state index is 12.6. The Labute approximate surface area is 160 Å². The monoisotopic (exact) mass is 388 g/mol. The Morgan fingerprint density at radius 3 is 2.85 bits per heavy atom. The van der Waals surface area contributed by atoms with Gasteiger partial charge in [-0.25, -0.2) is 4.98 Å². The van der Waals surface area contributed by atoms with Gasteiger partial charge in [-0.3, -0.25) is 14.5 Å². The second-order valence-corrected chi connectivity index (χ2v) is 7.70. The summed E-state index contributed by atoms with van der Waals surface area (Å²) in [6.07, 6.45) is 2.63. The van der Waals surface area contributed by atoms with Gasteiger partial charge in [-0.2, -0.15) is 4.99 Å². The third-order valence-corrected chi connectivity index (χ3v) is 5.83. The summed E-state index contributed by atoms with van der Waals surface area (Å²) in [4.78, 5) is 35.3. The molecule has 0 bridgehead atoms. The van der Waals surface area contributed by atoms with Crippen LogP contribution in [0.1, 0.15) is 25.8 Å². The van der Waals surface area contributed by atoms with Crippen molar-refractivity contribution in [1.82, 2.24) is 9.88 Å². The number of rotatable bonds is 6. The summed E-state index contributed by atoms with van der Waals surface area (Å²) in [6.45, 7) is 4.46. The topological polar surface area (TPSA) is 74.7 Å². The molecule has 2 aromatic rings. The number of nitrogens with zero attached hydrogens (tertiary/aromatic N) is 3. The Morgan fingerprint density at radius 1 is 1.35 bits per heavy atom. The third kappa shape index (κ3) is 4.13. The minimum absolute atomic E-state index is 0.0771. The first-order valence-corrected chi connectivity index (χ1v) is 10.2. The zero-order valence-electron chi connectivity index (χ0n) is 14.6. The van der Waals surface area contributed by atoms with Crippen molar-refractivity contribution in [3.63, 3.8) is 0 Å². The van der Waals surface area contributed by atoms with Gasteiger partial charge in [0.05, 0.1) is 0 Å². The van der Waals surface area contributed by atoms with Gasteiger partial charge in [0.1, 0.15) is 5.25 Å². The number of carbonyl (C=O) groups excluding carboxylic acids is 2. The maximum Gasteiger partial charge on any atom is 0.242 e. The van der Waals surface area contributed by atoms with Gasteiger partial charge in [0, 0.05) is 30.2 Å². The number of benzene rings is 1. The first kappa shape index (κ1) is 18.6. The van der Waals surface area contributed by atoms with E-state index < -0.39 is 5.25 Å². The molecule has 1 atom stereocenters. The van der Waals surface area contributed by atoms with Crippen LogP contribution in [0.3, 0.4) is 0 Å².